The summed E-state index contributed by atoms with van der Waals surface area (Å²) in [6, 6.07) is 5.00. The van der Waals surface area contributed by atoms with E-state index in [1.807, 2.05) is 0 Å². The zero-order valence-corrected chi connectivity index (χ0v) is 8.69. The van der Waals surface area contributed by atoms with Gasteiger partial charge in [0, 0.05) is 16.7 Å². The van der Waals surface area contributed by atoms with Gasteiger partial charge in [-0.2, -0.15) is 13.2 Å². The summed E-state index contributed by atoms with van der Waals surface area (Å²) in [5.74, 6) is 0. The lowest BCUT2D eigenvalue weighted by atomic mass is 10.2. The Kier molecular flexibility index (Phi) is 2.21. The Morgan fingerprint density at radius 2 is 2.00 bits per heavy atom. The summed E-state index contributed by atoms with van der Waals surface area (Å²) in [5.41, 5.74) is 1.03. The SMILES string of the molecule is FC(F)(F)N1CCc2ccc(Br)cc21. The first-order valence-electron chi connectivity index (χ1n) is 4.11. The fraction of sp³-hybridized carbons (Fsp3) is 0.333. The summed E-state index contributed by atoms with van der Waals surface area (Å²) in [6.07, 6.45) is -3.81. The van der Waals surface area contributed by atoms with Crippen molar-refractivity contribution in [3.8, 4) is 0 Å². The van der Waals surface area contributed by atoms with Crippen molar-refractivity contribution in [3.63, 3.8) is 0 Å². The van der Waals surface area contributed by atoms with Crippen LogP contribution in [-0.2, 0) is 6.42 Å². The number of fused-ring (bicyclic) bond motifs is 1. The highest BCUT2D eigenvalue weighted by Crippen LogP contribution is 2.37. The van der Waals surface area contributed by atoms with Crippen LogP contribution in [-0.4, -0.2) is 12.8 Å². The number of hydrogen-bond donors (Lipinski definition) is 0. The highest BCUT2D eigenvalue weighted by Gasteiger charge is 2.40. The normalized spacial score (nSPS) is 15.9. The van der Waals surface area contributed by atoms with Gasteiger partial charge >= 0.3 is 6.30 Å². The van der Waals surface area contributed by atoms with E-state index in [0.29, 0.717) is 15.8 Å². The molecule has 76 valence electrons. The minimum Gasteiger partial charge on any atom is -0.283 e. The molecule has 0 saturated heterocycles. The summed E-state index contributed by atoms with van der Waals surface area (Å²) in [5, 5.41) is 0. The monoisotopic (exact) mass is 265 g/mol. The van der Waals surface area contributed by atoms with Crippen molar-refractivity contribution in [2.45, 2.75) is 12.7 Å². The van der Waals surface area contributed by atoms with Crippen molar-refractivity contribution < 1.29 is 13.2 Å². The lowest BCUT2D eigenvalue weighted by Gasteiger charge is -2.22. The van der Waals surface area contributed by atoms with E-state index in [9.17, 15) is 13.2 Å². The number of alkyl halides is 3. The Hall–Kier alpha value is -0.710. The number of anilines is 1. The van der Waals surface area contributed by atoms with Gasteiger partial charge < -0.3 is 0 Å². The molecule has 1 heterocycles. The number of halogens is 4. The molecule has 0 atom stereocenters. The molecule has 0 bridgehead atoms. The molecule has 0 radical (unpaired) electrons. The second kappa shape index (κ2) is 3.15. The lowest BCUT2D eigenvalue weighted by molar-refractivity contribution is -0.127. The highest BCUT2D eigenvalue weighted by molar-refractivity contribution is 9.10. The predicted molar refractivity (Wildman–Crippen MR) is 51.2 cm³/mol. The molecule has 0 saturated carbocycles. The summed E-state index contributed by atoms with van der Waals surface area (Å²) in [6.45, 7) is 0.0231. The molecule has 2 rings (SSSR count). The first kappa shape index (κ1) is 9.83. The van der Waals surface area contributed by atoms with Crippen molar-refractivity contribution in [1.29, 1.82) is 0 Å². The van der Waals surface area contributed by atoms with E-state index in [1.54, 1.807) is 12.1 Å². The van der Waals surface area contributed by atoms with Crippen LogP contribution in [0.15, 0.2) is 22.7 Å². The predicted octanol–water partition coefficient (Wildman–Crippen LogP) is 3.33. The first-order chi connectivity index (χ1) is 6.48. The molecule has 1 aliphatic heterocycles. The largest absolute Gasteiger partial charge is 0.484 e. The van der Waals surface area contributed by atoms with E-state index in [-0.39, 0.29) is 12.2 Å². The standard InChI is InChI=1S/C9H7BrF3N/c10-7-2-1-6-3-4-14(8(6)5-7)9(11,12)13/h1-2,5H,3-4H2. The minimum absolute atomic E-state index is 0.0231. The van der Waals surface area contributed by atoms with Gasteiger partial charge in [-0.25, -0.2) is 0 Å². The van der Waals surface area contributed by atoms with E-state index in [2.05, 4.69) is 15.9 Å². The molecule has 5 heteroatoms. The van der Waals surface area contributed by atoms with Crippen molar-refractivity contribution in [2.75, 3.05) is 11.4 Å². The van der Waals surface area contributed by atoms with Crippen LogP contribution in [0.1, 0.15) is 5.56 Å². The third kappa shape index (κ3) is 1.61. The van der Waals surface area contributed by atoms with E-state index in [4.69, 9.17) is 0 Å². The zero-order chi connectivity index (χ0) is 10.3. The van der Waals surface area contributed by atoms with Gasteiger partial charge in [-0.1, -0.05) is 22.0 Å². The van der Waals surface area contributed by atoms with Crippen LogP contribution in [0.25, 0.3) is 0 Å². The van der Waals surface area contributed by atoms with E-state index in [1.165, 1.54) is 6.07 Å². The van der Waals surface area contributed by atoms with Gasteiger partial charge in [0.15, 0.2) is 0 Å². The molecule has 1 aromatic carbocycles. The van der Waals surface area contributed by atoms with Crippen LogP contribution in [0.5, 0.6) is 0 Å². The molecular formula is C9H7BrF3N. The van der Waals surface area contributed by atoms with Crippen molar-refractivity contribution in [2.24, 2.45) is 0 Å². The third-order valence-electron chi connectivity index (χ3n) is 2.25. The maximum Gasteiger partial charge on any atom is 0.484 e. The number of benzene rings is 1. The van der Waals surface area contributed by atoms with E-state index >= 15 is 0 Å². The summed E-state index contributed by atoms with van der Waals surface area (Å²) >= 11 is 3.17. The molecule has 14 heavy (non-hydrogen) atoms. The van der Waals surface area contributed by atoms with Crippen molar-refractivity contribution in [1.82, 2.24) is 0 Å². The summed E-state index contributed by atoms with van der Waals surface area (Å²) in [4.78, 5) is 0.479. The van der Waals surface area contributed by atoms with Crippen LogP contribution < -0.4 is 4.90 Å². The quantitative estimate of drug-likeness (QED) is 0.651. The molecule has 1 aromatic rings. The topological polar surface area (TPSA) is 3.24 Å². The van der Waals surface area contributed by atoms with Gasteiger partial charge in [0.05, 0.1) is 0 Å². The van der Waals surface area contributed by atoms with Gasteiger partial charge in [0.1, 0.15) is 0 Å². The van der Waals surface area contributed by atoms with E-state index in [0.717, 1.165) is 5.56 Å². The van der Waals surface area contributed by atoms with Crippen LogP contribution in [0, 0.1) is 0 Å². The van der Waals surface area contributed by atoms with Crippen LogP contribution in [0.4, 0.5) is 18.9 Å². The first-order valence-corrected chi connectivity index (χ1v) is 4.90. The maximum atomic E-state index is 12.5. The molecular weight excluding hydrogens is 259 g/mol. The molecule has 1 aliphatic rings. The average molecular weight is 266 g/mol. The Morgan fingerprint density at radius 1 is 1.29 bits per heavy atom. The molecule has 0 spiro atoms. The minimum atomic E-state index is -4.27. The Morgan fingerprint density at radius 3 is 2.64 bits per heavy atom. The van der Waals surface area contributed by atoms with Gasteiger partial charge in [0.25, 0.3) is 0 Å². The Labute approximate surface area is 87.6 Å². The van der Waals surface area contributed by atoms with Crippen molar-refractivity contribution in [3.05, 3.63) is 28.2 Å². The highest BCUT2D eigenvalue weighted by atomic mass is 79.9. The van der Waals surface area contributed by atoms with Gasteiger partial charge in [0.2, 0.25) is 0 Å². The Bertz CT molecular complexity index is 362. The number of nitrogens with zero attached hydrogens (tertiary/aromatic N) is 1. The summed E-state index contributed by atoms with van der Waals surface area (Å²) in [7, 11) is 0. The molecule has 0 N–H and O–H groups in total. The fourth-order valence-corrected chi connectivity index (χ4v) is 1.96. The van der Waals surface area contributed by atoms with Gasteiger partial charge in [-0.05, 0) is 24.1 Å². The second-order valence-electron chi connectivity index (χ2n) is 3.14. The van der Waals surface area contributed by atoms with Crippen LogP contribution in [0.2, 0.25) is 0 Å². The van der Waals surface area contributed by atoms with Gasteiger partial charge in [-0.15, -0.1) is 0 Å². The molecule has 0 unspecified atom stereocenters. The third-order valence-corrected chi connectivity index (χ3v) is 2.74. The average Bonchev–Trinajstić information content (AvgIpc) is 2.45. The number of hydrogen-bond acceptors (Lipinski definition) is 1. The Balaban J connectivity index is 2.43. The molecule has 1 nitrogen and oxygen atoms in total. The van der Waals surface area contributed by atoms with Crippen LogP contribution in [0.3, 0.4) is 0 Å². The maximum absolute atomic E-state index is 12.5. The fourth-order valence-electron chi connectivity index (χ4n) is 1.62. The van der Waals surface area contributed by atoms with Gasteiger partial charge in [-0.3, -0.25) is 4.90 Å². The van der Waals surface area contributed by atoms with Crippen LogP contribution >= 0.6 is 15.9 Å². The zero-order valence-electron chi connectivity index (χ0n) is 7.11. The molecule has 0 aromatic heterocycles. The number of rotatable bonds is 0. The smallest absolute Gasteiger partial charge is 0.283 e. The second-order valence-corrected chi connectivity index (χ2v) is 4.06. The molecule has 0 fully saturated rings. The summed E-state index contributed by atoms with van der Waals surface area (Å²) < 4.78 is 38.1. The molecule has 0 amide bonds. The van der Waals surface area contributed by atoms with E-state index < -0.39 is 6.30 Å². The molecule has 0 aliphatic carbocycles. The lowest BCUT2D eigenvalue weighted by Crippen LogP contribution is -2.36. The van der Waals surface area contributed by atoms with Crippen molar-refractivity contribution >= 4 is 21.6 Å².